The fraction of sp³-hybridized carbons (Fsp3) is 0.381. The average Bonchev–Trinajstić information content (AvgIpc) is 2.69. The topological polar surface area (TPSA) is 35.6 Å². The van der Waals surface area contributed by atoms with Crippen LogP contribution < -0.4 is 10.2 Å². The van der Waals surface area contributed by atoms with E-state index in [4.69, 9.17) is 0 Å². The highest BCUT2D eigenvalue weighted by molar-refractivity contribution is 9.10. The standard InChI is InChI=1S/C21H26BrN3OS/c1-24-11-13-25(14-12-24)19-8-4-2-6-17(19)16-23-21(26)10-15-27-20-9-5-3-7-18(20)22/h2-9H,10-16H2,1H3,(H,23,26). The van der Waals surface area contributed by atoms with Crippen LogP contribution in [-0.4, -0.2) is 49.8 Å². The van der Waals surface area contributed by atoms with Crippen molar-refractivity contribution in [2.24, 2.45) is 0 Å². The molecule has 0 atom stereocenters. The minimum absolute atomic E-state index is 0.0998. The number of hydrogen-bond acceptors (Lipinski definition) is 4. The van der Waals surface area contributed by atoms with Gasteiger partial charge in [-0.25, -0.2) is 0 Å². The number of thioether (sulfide) groups is 1. The lowest BCUT2D eigenvalue weighted by Gasteiger charge is -2.35. The largest absolute Gasteiger partial charge is 0.369 e. The van der Waals surface area contributed by atoms with E-state index in [0.717, 1.165) is 36.4 Å². The summed E-state index contributed by atoms with van der Waals surface area (Å²) in [4.78, 5) is 18.2. The molecule has 6 heteroatoms. The maximum atomic E-state index is 12.3. The zero-order valence-electron chi connectivity index (χ0n) is 15.7. The third-order valence-electron chi connectivity index (χ3n) is 4.73. The summed E-state index contributed by atoms with van der Waals surface area (Å²) < 4.78 is 1.08. The summed E-state index contributed by atoms with van der Waals surface area (Å²) in [7, 11) is 2.16. The average molecular weight is 448 g/mol. The summed E-state index contributed by atoms with van der Waals surface area (Å²) >= 11 is 5.25. The van der Waals surface area contributed by atoms with Crippen LogP contribution in [0.25, 0.3) is 0 Å². The van der Waals surface area contributed by atoms with Gasteiger partial charge in [0, 0.05) is 60.0 Å². The van der Waals surface area contributed by atoms with E-state index in [1.54, 1.807) is 11.8 Å². The van der Waals surface area contributed by atoms with Crippen LogP contribution in [-0.2, 0) is 11.3 Å². The summed E-state index contributed by atoms with van der Waals surface area (Å²) in [6.07, 6.45) is 0.517. The maximum Gasteiger partial charge on any atom is 0.221 e. The number of nitrogens with one attached hydrogen (secondary N) is 1. The van der Waals surface area contributed by atoms with Gasteiger partial charge >= 0.3 is 0 Å². The van der Waals surface area contributed by atoms with Crippen molar-refractivity contribution >= 4 is 39.3 Å². The van der Waals surface area contributed by atoms with Crippen LogP contribution in [0.3, 0.4) is 0 Å². The predicted molar refractivity (Wildman–Crippen MR) is 117 cm³/mol. The molecule has 3 rings (SSSR count). The van der Waals surface area contributed by atoms with Crippen LogP contribution >= 0.6 is 27.7 Å². The lowest BCUT2D eigenvalue weighted by molar-refractivity contribution is -0.120. The van der Waals surface area contributed by atoms with E-state index in [-0.39, 0.29) is 5.91 Å². The Morgan fingerprint density at radius 1 is 1.07 bits per heavy atom. The summed E-state index contributed by atoms with van der Waals surface area (Å²) in [5.74, 6) is 0.872. The van der Waals surface area contributed by atoms with E-state index in [0.29, 0.717) is 13.0 Å². The first-order chi connectivity index (χ1) is 13.1. The number of hydrogen-bond donors (Lipinski definition) is 1. The first-order valence-corrected chi connectivity index (χ1v) is 11.1. The number of amides is 1. The maximum absolute atomic E-state index is 12.3. The van der Waals surface area contributed by atoms with Gasteiger partial charge in [0.2, 0.25) is 5.91 Å². The van der Waals surface area contributed by atoms with Gasteiger partial charge in [-0.15, -0.1) is 11.8 Å². The first kappa shape index (κ1) is 20.2. The molecule has 1 amide bonds. The molecule has 2 aromatic carbocycles. The second-order valence-corrected chi connectivity index (χ2v) is 8.72. The Balaban J connectivity index is 1.48. The number of carbonyl (C=O) groups excluding carboxylic acids is 1. The van der Waals surface area contributed by atoms with Gasteiger partial charge in [0.05, 0.1) is 0 Å². The van der Waals surface area contributed by atoms with Crippen LogP contribution in [0.2, 0.25) is 0 Å². The van der Waals surface area contributed by atoms with Gasteiger partial charge < -0.3 is 15.1 Å². The molecule has 1 N–H and O–H groups in total. The van der Waals surface area contributed by atoms with Crippen LogP contribution in [0.5, 0.6) is 0 Å². The predicted octanol–water partition coefficient (Wildman–Crippen LogP) is 4.00. The second kappa shape index (κ2) is 10.2. The second-order valence-electron chi connectivity index (χ2n) is 6.72. The number of nitrogens with zero attached hydrogens (tertiary/aromatic N) is 2. The fourth-order valence-corrected chi connectivity index (χ4v) is 4.63. The molecule has 1 fully saturated rings. The SMILES string of the molecule is CN1CCN(c2ccccc2CNC(=O)CCSc2ccccc2Br)CC1. The normalized spacial score (nSPS) is 15.0. The fourth-order valence-electron chi connectivity index (χ4n) is 3.11. The van der Waals surface area contributed by atoms with Gasteiger partial charge in [0.1, 0.15) is 0 Å². The van der Waals surface area contributed by atoms with Gasteiger partial charge in [0.15, 0.2) is 0 Å². The molecule has 0 saturated carbocycles. The number of carbonyl (C=O) groups is 1. The summed E-state index contributed by atoms with van der Waals surface area (Å²) in [6, 6.07) is 16.5. The molecule has 0 aliphatic carbocycles. The molecule has 0 radical (unpaired) electrons. The van der Waals surface area contributed by atoms with Crippen LogP contribution in [0.4, 0.5) is 5.69 Å². The van der Waals surface area contributed by atoms with Crippen LogP contribution in [0, 0.1) is 0 Å². The molecule has 0 bridgehead atoms. The molecule has 0 spiro atoms. The number of rotatable bonds is 7. The number of likely N-dealkylation sites (N-methyl/N-ethyl adjacent to an activating group) is 1. The van der Waals surface area contributed by atoms with Gasteiger partial charge in [-0.1, -0.05) is 30.3 Å². The van der Waals surface area contributed by atoms with Crippen molar-refractivity contribution in [1.82, 2.24) is 10.2 Å². The third-order valence-corrected chi connectivity index (χ3v) is 6.76. The van der Waals surface area contributed by atoms with E-state index in [1.165, 1.54) is 16.1 Å². The van der Waals surface area contributed by atoms with Gasteiger partial charge in [-0.05, 0) is 46.7 Å². The molecule has 0 aromatic heterocycles. The zero-order chi connectivity index (χ0) is 19.1. The highest BCUT2D eigenvalue weighted by Gasteiger charge is 2.16. The number of halogens is 1. The summed E-state index contributed by atoms with van der Waals surface area (Å²) in [5, 5.41) is 3.09. The molecule has 1 saturated heterocycles. The molecule has 1 heterocycles. The van der Waals surface area contributed by atoms with Crippen LogP contribution in [0.1, 0.15) is 12.0 Å². The first-order valence-electron chi connectivity index (χ1n) is 9.29. The Hall–Kier alpha value is -1.50. The monoisotopic (exact) mass is 447 g/mol. The molecule has 1 aliphatic rings. The number of benzene rings is 2. The molecule has 27 heavy (non-hydrogen) atoms. The van der Waals surface area contributed by atoms with Crippen molar-refractivity contribution in [1.29, 1.82) is 0 Å². The molecule has 0 unspecified atom stereocenters. The Kier molecular flexibility index (Phi) is 7.61. The van der Waals surface area contributed by atoms with Gasteiger partial charge in [-0.2, -0.15) is 0 Å². The Labute approximate surface area is 174 Å². The highest BCUT2D eigenvalue weighted by Crippen LogP contribution is 2.27. The molecule has 144 valence electrons. The van der Waals surface area contributed by atoms with Crippen molar-refractivity contribution in [3.05, 3.63) is 58.6 Å². The van der Waals surface area contributed by atoms with Crippen LogP contribution in [0.15, 0.2) is 57.9 Å². The minimum atomic E-state index is 0.0998. The molecular weight excluding hydrogens is 422 g/mol. The Morgan fingerprint density at radius 3 is 2.56 bits per heavy atom. The zero-order valence-corrected chi connectivity index (χ0v) is 18.1. The van der Waals surface area contributed by atoms with E-state index < -0.39 is 0 Å². The minimum Gasteiger partial charge on any atom is -0.369 e. The van der Waals surface area contributed by atoms with E-state index in [2.05, 4.69) is 62.4 Å². The van der Waals surface area contributed by atoms with Gasteiger partial charge in [0.25, 0.3) is 0 Å². The lowest BCUT2D eigenvalue weighted by Crippen LogP contribution is -2.45. The molecular formula is C21H26BrN3OS. The van der Waals surface area contributed by atoms with E-state index in [9.17, 15) is 4.79 Å². The van der Waals surface area contributed by atoms with Crippen molar-refractivity contribution in [2.45, 2.75) is 17.9 Å². The van der Waals surface area contributed by atoms with Gasteiger partial charge in [-0.3, -0.25) is 4.79 Å². The van der Waals surface area contributed by atoms with E-state index >= 15 is 0 Å². The molecule has 4 nitrogen and oxygen atoms in total. The summed E-state index contributed by atoms with van der Waals surface area (Å²) in [6.45, 7) is 4.80. The van der Waals surface area contributed by atoms with E-state index in [1.807, 2.05) is 24.3 Å². The highest BCUT2D eigenvalue weighted by atomic mass is 79.9. The smallest absolute Gasteiger partial charge is 0.221 e. The van der Waals surface area contributed by atoms with Crippen molar-refractivity contribution in [3.63, 3.8) is 0 Å². The number of anilines is 1. The Morgan fingerprint density at radius 2 is 1.78 bits per heavy atom. The third kappa shape index (κ3) is 5.99. The van der Waals surface area contributed by atoms with Crippen molar-refractivity contribution < 1.29 is 4.79 Å². The Bertz CT molecular complexity index is 763. The number of piperazine rings is 1. The van der Waals surface area contributed by atoms with Crippen molar-refractivity contribution in [2.75, 3.05) is 43.9 Å². The molecule has 2 aromatic rings. The quantitative estimate of drug-likeness (QED) is 0.650. The molecule has 1 aliphatic heterocycles. The lowest BCUT2D eigenvalue weighted by atomic mass is 10.1. The number of para-hydroxylation sites is 1. The van der Waals surface area contributed by atoms with Crippen molar-refractivity contribution in [3.8, 4) is 0 Å². The summed E-state index contributed by atoms with van der Waals surface area (Å²) in [5.41, 5.74) is 2.43.